The molecule has 2 aromatic rings. The van der Waals surface area contributed by atoms with Crippen molar-refractivity contribution in [1.29, 1.82) is 0 Å². The summed E-state index contributed by atoms with van der Waals surface area (Å²) in [6.07, 6.45) is 1.47. The SMILES string of the molecule is COCCOc1cc(/C=N/N(C)C2=NS(=O)(=O)c3ccccc32)ccc1F. The molecule has 142 valence electrons. The molecule has 0 amide bonds. The Labute approximate surface area is 156 Å². The van der Waals surface area contributed by atoms with E-state index in [1.54, 1.807) is 25.2 Å². The maximum atomic E-state index is 13.8. The van der Waals surface area contributed by atoms with Gasteiger partial charge in [-0.05, 0) is 29.8 Å². The van der Waals surface area contributed by atoms with E-state index in [9.17, 15) is 12.8 Å². The topological polar surface area (TPSA) is 80.6 Å². The fourth-order valence-electron chi connectivity index (χ4n) is 2.48. The van der Waals surface area contributed by atoms with E-state index < -0.39 is 15.8 Å². The van der Waals surface area contributed by atoms with Crippen LogP contribution in [0.1, 0.15) is 11.1 Å². The molecular formula is C18H18FN3O4S. The molecule has 0 unspecified atom stereocenters. The highest BCUT2D eigenvalue weighted by Gasteiger charge is 2.30. The van der Waals surface area contributed by atoms with Gasteiger partial charge in [0.2, 0.25) is 0 Å². The lowest BCUT2D eigenvalue weighted by atomic mass is 10.2. The van der Waals surface area contributed by atoms with E-state index in [1.807, 2.05) is 0 Å². The van der Waals surface area contributed by atoms with E-state index in [-0.39, 0.29) is 23.1 Å². The number of fused-ring (bicyclic) bond motifs is 1. The lowest BCUT2D eigenvalue weighted by Gasteiger charge is -2.12. The van der Waals surface area contributed by atoms with Crippen LogP contribution in [0.5, 0.6) is 5.75 Å². The molecule has 0 saturated carbocycles. The molecule has 7 nitrogen and oxygen atoms in total. The Balaban J connectivity index is 1.80. The fraction of sp³-hybridized carbons (Fsp3) is 0.222. The number of hydrogen-bond acceptors (Lipinski definition) is 6. The zero-order valence-corrected chi connectivity index (χ0v) is 15.6. The van der Waals surface area contributed by atoms with Crippen molar-refractivity contribution >= 4 is 22.1 Å². The zero-order valence-electron chi connectivity index (χ0n) is 14.8. The molecule has 0 fully saturated rings. The minimum Gasteiger partial charge on any atom is -0.488 e. The second kappa shape index (κ2) is 7.85. The number of ether oxygens (including phenoxy) is 2. The molecule has 0 spiro atoms. The van der Waals surface area contributed by atoms with Gasteiger partial charge >= 0.3 is 0 Å². The second-order valence-electron chi connectivity index (χ2n) is 5.69. The van der Waals surface area contributed by atoms with E-state index in [2.05, 4.69) is 9.50 Å². The number of nitrogens with zero attached hydrogens (tertiary/aromatic N) is 3. The normalized spacial score (nSPS) is 14.9. The standard InChI is InChI=1S/C18H18FN3O4S/c1-22(18-14-5-3-4-6-17(14)27(23,24)21-18)20-12-13-7-8-15(19)16(11-13)26-10-9-25-2/h3-8,11-12H,9-10H2,1-2H3/b20-12+. The monoisotopic (exact) mass is 391 g/mol. The molecule has 0 aliphatic carbocycles. The Bertz CT molecular complexity index is 1010. The van der Waals surface area contributed by atoms with Gasteiger partial charge in [-0.1, -0.05) is 18.2 Å². The van der Waals surface area contributed by atoms with Crippen molar-refractivity contribution in [3.05, 3.63) is 59.4 Å². The number of halogens is 1. The van der Waals surface area contributed by atoms with Crippen molar-refractivity contribution in [3.8, 4) is 5.75 Å². The summed E-state index contributed by atoms with van der Waals surface area (Å²) in [5, 5.41) is 5.58. The van der Waals surface area contributed by atoms with Crippen LogP contribution < -0.4 is 4.74 Å². The molecule has 9 heteroatoms. The highest BCUT2D eigenvalue weighted by molar-refractivity contribution is 7.90. The van der Waals surface area contributed by atoms with Crippen LogP contribution in [0, 0.1) is 5.82 Å². The number of methoxy groups -OCH3 is 1. The number of sulfonamides is 1. The molecule has 0 aromatic heterocycles. The molecule has 0 saturated heterocycles. The summed E-state index contributed by atoms with van der Waals surface area (Å²) in [6.45, 7) is 0.563. The van der Waals surface area contributed by atoms with Gasteiger partial charge in [-0.2, -0.15) is 13.5 Å². The third-order valence-corrected chi connectivity index (χ3v) is 5.12. The summed E-state index contributed by atoms with van der Waals surface area (Å²) in [5.41, 5.74) is 1.07. The summed E-state index contributed by atoms with van der Waals surface area (Å²) in [5.74, 6) is -0.179. The quantitative estimate of drug-likeness (QED) is 0.429. The predicted molar refractivity (Wildman–Crippen MR) is 99.3 cm³/mol. The van der Waals surface area contributed by atoms with Gasteiger partial charge in [0.15, 0.2) is 17.4 Å². The number of amidine groups is 1. The molecule has 1 heterocycles. The summed E-state index contributed by atoms with van der Waals surface area (Å²) in [6, 6.07) is 10.9. The lowest BCUT2D eigenvalue weighted by molar-refractivity contribution is 0.144. The third-order valence-electron chi connectivity index (χ3n) is 3.80. The molecule has 0 atom stereocenters. The smallest absolute Gasteiger partial charge is 0.285 e. The first-order valence-electron chi connectivity index (χ1n) is 8.06. The van der Waals surface area contributed by atoms with Crippen LogP contribution in [-0.2, 0) is 14.8 Å². The summed E-state index contributed by atoms with van der Waals surface area (Å²) in [4.78, 5) is 0.151. The third kappa shape index (κ3) is 4.15. The van der Waals surface area contributed by atoms with Gasteiger partial charge in [-0.25, -0.2) is 9.40 Å². The number of benzene rings is 2. The number of hydrogen-bond donors (Lipinski definition) is 0. The largest absolute Gasteiger partial charge is 0.488 e. The van der Waals surface area contributed by atoms with Gasteiger partial charge in [0, 0.05) is 19.7 Å². The number of hydrazone groups is 1. The van der Waals surface area contributed by atoms with Crippen LogP contribution in [0.15, 0.2) is 56.9 Å². The lowest BCUT2D eigenvalue weighted by Crippen LogP contribution is -2.21. The Morgan fingerprint density at radius 2 is 2.00 bits per heavy atom. The first kappa shape index (κ1) is 19.0. The highest BCUT2D eigenvalue weighted by atomic mass is 32.2. The molecule has 0 radical (unpaired) electrons. The minimum atomic E-state index is -3.72. The second-order valence-corrected chi connectivity index (χ2v) is 7.26. The van der Waals surface area contributed by atoms with E-state index >= 15 is 0 Å². The van der Waals surface area contributed by atoms with Crippen LogP contribution in [-0.4, -0.2) is 52.8 Å². The van der Waals surface area contributed by atoms with Gasteiger partial charge in [-0.3, -0.25) is 0 Å². The minimum absolute atomic E-state index is 0.0878. The molecule has 1 aliphatic heterocycles. The Kier molecular flexibility index (Phi) is 5.52. The molecule has 27 heavy (non-hydrogen) atoms. The highest BCUT2D eigenvalue weighted by Crippen LogP contribution is 2.27. The van der Waals surface area contributed by atoms with E-state index in [1.165, 1.54) is 42.6 Å². The van der Waals surface area contributed by atoms with Crippen LogP contribution >= 0.6 is 0 Å². The molecule has 1 aliphatic rings. The van der Waals surface area contributed by atoms with Gasteiger partial charge in [0.25, 0.3) is 10.0 Å². The molecule has 2 aromatic carbocycles. The van der Waals surface area contributed by atoms with Gasteiger partial charge in [-0.15, -0.1) is 4.40 Å². The Hall–Kier alpha value is -2.78. The Morgan fingerprint density at radius 1 is 1.22 bits per heavy atom. The van der Waals surface area contributed by atoms with E-state index in [0.29, 0.717) is 17.7 Å². The molecule has 0 N–H and O–H groups in total. The summed E-state index contributed by atoms with van der Waals surface area (Å²) in [7, 11) is -0.597. The van der Waals surface area contributed by atoms with Crippen molar-refractivity contribution in [3.63, 3.8) is 0 Å². The van der Waals surface area contributed by atoms with Crippen molar-refractivity contribution in [2.45, 2.75) is 4.90 Å². The van der Waals surface area contributed by atoms with Crippen molar-refractivity contribution < 1.29 is 22.3 Å². The summed E-state index contributed by atoms with van der Waals surface area (Å²) >= 11 is 0. The average molecular weight is 391 g/mol. The van der Waals surface area contributed by atoms with Crippen LogP contribution in [0.25, 0.3) is 0 Å². The molecular weight excluding hydrogens is 373 g/mol. The van der Waals surface area contributed by atoms with Crippen LogP contribution in [0.4, 0.5) is 4.39 Å². The maximum absolute atomic E-state index is 13.8. The molecule has 0 bridgehead atoms. The fourth-order valence-corrected chi connectivity index (χ4v) is 3.71. The molecule has 3 rings (SSSR count). The Morgan fingerprint density at radius 3 is 2.78 bits per heavy atom. The van der Waals surface area contributed by atoms with Crippen LogP contribution in [0.3, 0.4) is 0 Å². The average Bonchev–Trinajstić information content (AvgIpc) is 2.94. The zero-order chi connectivity index (χ0) is 19.4. The summed E-state index contributed by atoms with van der Waals surface area (Å²) < 4.78 is 52.0. The van der Waals surface area contributed by atoms with E-state index in [4.69, 9.17) is 9.47 Å². The van der Waals surface area contributed by atoms with E-state index in [0.717, 1.165) is 0 Å². The van der Waals surface area contributed by atoms with Crippen molar-refractivity contribution in [1.82, 2.24) is 5.01 Å². The number of rotatable bonds is 6. The van der Waals surface area contributed by atoms with Gasteiger partial charge in [0.1, 0.15) is 11.5 Å². The van der Waals surface area contributed by atoms with Gasteiger partial charge in [0.05, 0.1) is 12.8 Å². The maximum Gasteiger partial charge on any atom is 0.285 e. The van der Waals surface area contributed by atoms with Gasteiger partial charge < -0.3 is 9.47 Å². The first-order valence-corrected chi connectivity index (χ1v) is 9.50. The predicted octanol–water partition coefficient (Wildman–Crippen LogP) is 2.27. The van der Waals surface area contributed by atoms with Crippen molar-refractivity contribution in [2.24, 2.45) is 9.50 Å². The first-order chi connectivity index (χ1) is 12.9. The van der Waals surface area contributed by atoms with Crippen molar-refractivity contribution in [2.75, 3.05) is 27.4 Å². The van der Waals surface area contributed by atoms with Crippen LogP contribution in [0.2, 0.25) is 0 Å².